The number of aromatic nitrogens is 1. The van der Waals surface area contributed by atoms with Gasteiger partial charge in [-0.15, -0.1) is 0 Å². The lowest BCUT2D eigenvalue weighted by Gasteiger charge is -2.09. The van der Waals surface area contributed by atoms with Gasteiger partial charge in [-0.1, -0.05) is 0 Å². The van der Waals surface area contributed by atoms with Crippen molar-refractivity contribution in [2.45, 2.75) is 6.18 Å². The second-order valence-electron chi connectivity index (χ2n) is 3.80. The van der Waals surface area contributed by atoms with Gasteiger partial charge in [0.1, 0.15) is 5.82 Å². The maximum atomic E-state index is 13.0. The van der Waals surface area contributed by atoms with Crippen LogP contribution in [0.2, 0.25) is 0 Å². The second-order valence-corrected chi connectivity index (χ2v) is 3.80. The number of alkyl halides is 3. The summed E-state index contributed by atoms with van der Waals surface area (Å²) in [5.74, 6) is -0.659. The van der Waals surface area contributed by atoms with Crippen LogP contribution in [0.25, 0.3) is 11.1 Å². The molecular formula is C13H6F4N2. The Kier molecular flexibility index (Phi) is 3.21. The molecule has 2 rings (SSSR count). The van der Waals surface area contributed by atoms with Crippen LogP contribution in [0.4, 0.5) is 17.6 Å². The predicted molar refractivity (Wildman–Crippen MR) is 59.3 cm³/mol. The average Bonchev–Trinajstić information content (AvgIpc) is 2.37. The first-order valence-electron chi connectivity index (χ1n) is 5.13. The third kappa shape index (κ3) is 2.88. The predicted octanol–water partition coefficient (Wildman–Crippen LogP) is 3.78. The summed E-state index contributed by atoms with van der Waals surface area (Å²) in [5, 5.41) is 8.75. The Morgan fingerprint density at radius 2 is 1.74 bits per heavy atom. The van der Waals surface area contributed by atoms with Crippen LogP contribution in [0.5, 0.6) is 0 Å². The largest absolute Gasteiger partial charge is 0.416 e. The van der Waals surface area contributed by atoms with Gasteiger partial charge in [-0.05, 0) is 29.8 Å². The lowest BCUT2D eigenvalue weighted by Crippen LogP contribution is -2.05. The maximum absolute atomic E-state index is 13.0. The molecule has 0 aliphatic rings. The van der Waals surface area contributed by atoms with Crippen molar-refractivity contribution in [1.82, 2.24) is 4.98 Å². The minimum absolute atomic E-state index is 0.0957. The summed E-state index contributed by atoms with van der Waals surface area (Å²) >= 11 is 0. The molecule has 0 N–H and O–H groups in total. The van der Waals surface area contributed by atoms with E-state index in [-0.39, 0.29) is 16.7 Å². The summed E-state index contributed by atoms with van der Waals surface area (Å²) in [4.78, 5) is 3.57. The summed E-state index contributed by atoms with van der Waals surface area (Å²) in [5.41, 5.74) is -0.819. The normalized spacial score (nSPS) is 11.1. The van der Waals surface area contributed by atoms with Crippen molar-refractivity contribution in [1.29, 1.82) is 5.26 Å². The number of rotatable bonds is 1. The highest BCUT2D eigenvalue weighted by atomic mass is 19.4. The van der Waals surface area contributed by atoms with Crippen LogP contribution in [0, 0.1) is 17.1 Å². The Morgan fingerprint density at radius 1 is 1.00 bits per heavy atom. The fourth-order valence-corrected chi connectivity index (χ4v) is 1.59. The topological polar surface area (TPSA) is 36.7 Å². The number of benzene rings is 1. The van der Waals surface area contributed by atoms with E-state index in [0.717, 1.165) is 24.4 Å². The van der Waals surface area contributed by atoms with E-state index in [0.29, 0.717) is 0 Å². The van der Waals surface area contributed by atoms with Crippen LogP contribution in [-0.4, -0.2) is 4.98 Å². The molecule has 6 heteroatoms. The van der Waals surface area contributed by atoms with Crippen molar-refractivity contribution >= 4 is 0 Å². The SMILES string of the molecule is N#Cc1cc(-c2cncc(F)c2)cc(C(F)(F)F)c1. The van der Waals surface area contributed by atoms with Crippen molar-refractivity contribution in [3.8, 4) is 17.2 Å². The van der Waals surface area contributed by atoms with E-state index in [1.165, 1.54) is 12.3 Å². The molecule has 2 nitrogen and oxygen atoms in total. The molecule has 96 valence electrons. The minimum Gasteiger partial charge on any atom is -0.261 e. The lowest BCUT2D eigenvalue weighted by atomic mass is 10.0. The highest BCUT2D eigenvalue weighted by Crippen LogP contribution is 2.33. The van der Waals surface area contributed by atoms with E-state index in [2.05, 4.69) is 4.98 Å². The molecule has 0 saturated heterocycles. The first-order valence-corrected chi connectivity index (χ1v) is 5.13. The summed E-state index contributed by atoms with van der Waals surface area (Å²) in [6.45, 7) is 0. The maximum Gasteiger partial charge on any atom is 0.416 e. The molecular weight excluding hydrogens is 260 g/mol. The van der Waals surface area contributed by atoms with Gasteiger partial charge < -0.3 is 0 Å². The first kappa shape index (κ1) is 13.0. The van der Waals surface area contributed by atoms with Crippen LogP contribution in [0.3, 0.4) is 0 Å². The molecule has 0 atom stereocenters. The monoisotopic (exact) mass is 266 g/mol. The van der Waals surface area contributed by atoms with Gasteiger partial charge in [0.05, 0.1) is 23.4 Å². The van der Waals surface area contributed by atoms with Crippen molar-refractivity contribution < 1.29 is 17.6 Å². The van der Waals surface area contributed by atoms with Gasteiger partial charge in [-0.2, -0.15) is 18.4 Å². The second kappa shape index (κ2) is 4.69. The Labute approximate surface area is 105 Å². The Morgan fingerprint density at radius 3 is 2.32 bits per heavy atom. The fourth-order valence-electron chi connectivity index (χ4n) is 1.59. The highest BCUT2D eigenvalue weighted by Gasteiger charge is 2.31. The summed E-state index contributed by atoms with van der Waals surface area (Å²) < 4.78 is 51.1. The number of nitrogens with zero attached hydrogens (tertiary/aromatic N) is 2. The molecule has 0 radical (unpaired) electrons. The molecule has 0 amide bonds. The molecule has 0 bridgehead atoms. The molecule has 1 aromatic heterocycles. The van der Waals surface area contributed by atoms with Crippen molar-refractivity contribution in [2.75, 3.05) is 0 Å². The molecule has 2 aromatic rings. The van der Waals surface area contributed by atoms with Gasteiger partial charge in [0.2, 0.25) is 0 Å². The van der Waals surface area contributed by atoms with E-state index < -0.39 is 17.6 Å². The van der Waals surface area contributed by atoms with E-state index in [9.17, 15) is 17.6 Å². The van der Waals surface area contributed by atoms with E-state index in [4.69, 9.17) is 5.26 Å². The fraction of sp³-hybridized carbons (Fsp3) is 0.0769. The lowest BCUT2D eigenvalue weighted by molar-refractivity contribution is -0.137. The smallest absolute Gasteiger partial charge is 0.261 e. The molecule has 0 saturated carbocycles. The van der Waals surface area contributed by atoms with Gasteiger partial charge in [0.15, 0.2) is 0 Å². The quantitative estimate of drug-likeness (QED) is 0.736. The van der Waals surface area contributed by atoms with Gasteiger partial charge in [0.25, 0.3) is 0 Å². The van der Waals surface area contributed by atoms with Crippen molar-refractivity contribution in [3.05, 3.63) is 53.6 Å². The number of pyridine rings is 1. The van der Waals surface area contributed by atoms with Crippen molar-refractivity contribution in [3.63, 3.8) is 0 Å². The Bertz CT molecular complexity index is 656. The van der Waals surface area contributed by atoms with Gasteiger partial charge in [0, 0.05) is 11.8 Å². The summed E-state index contributed by atoms with van der Waals surface area (Å²) in [6.07, 6.45) is -2.38. The summed E-state index contributed by atoms with van der Waals surface area (Å²) in [6, 6.07) is 5.57. The zero-order chi connectivity index (χ0) is 14.0. The first-order chi connectivity index (χ1) is 8.90. The minimum atomic E-state index is -4.57. The number of nitriles is 1. The highest BCUT2D eigenvalue weighted by molar-refractivity contribution is 5.65. The molecule has 19 heavy (non-hydrogen) atoms. The van der Waals surface area contributed by atoms with Crippen LogP contribution < -0.4 is 0 Å². The average molecular weight is 266 g/mol. The van der Waals surface area contributed by atoms with Crippen LogP contribution >= 0.6 is 0 Å². The molecule has 1 aromatic carbocycles. The number of hydrogen-bond donors (Lipinski definition) is 0. The molecule has 0 fully saturated rings. The molecule has 0 unspecified atom stereocenters. The van der Waals surface area contributed by atoms with Gasteiger partial charge >= 0.3 is 6.18 Å². The standard InChI is InChI=1S/C13H6F4N2/c14-12-4-10(6-19-7-12)9-1-8(5-18)2-11(3-9)13(15,16)17/h1-4,6-7H. The zero-order valence-corrected chi connectivity index (χ0v) is 9.37. The van der Waals surface area contributed by atoms with Gasteiger partial charge in [-0.25, -0.2) is 4.39 Å². The Balaban J connectivity index is 2.61. The molecule has 0 aliphatic carbocycles. The molecule has 0 spiro atoms. The number of hydrogen-bond acceptors (Lipinski definition) is 2. The van der Waals surface area contributed by atoms with Crippen LogP contribution in [0.15, 0.2) is 36.7 Å². The molecule has 0 aliphatic heterocycles. The Hall–Kier alpha value is -2.42. The summed E-state index contributed by atoms with van der Waals surface area (Å²) in [7, 11) is 0. The third-order valence-corrected chi connectivity index (χ3v) is 2.43. The molecule has 1 heterocycles. The number of halogens is 4. The van der Waals surface area contributed by atoms with Crippen LogP contribution in [-0.2, 0) is 6.18 Å². The van der Waals surface area contributed by atoms with Crippen molar-refractivity contribution in [2.24, 2.45) is 0 Å². The zero-order valence-electron chi connectivity index (χ0n) is 9.37. The van der Waals surface area contributed by atoms with E-state index >= 15 is 0 Å². The van der Waals surface area contributed by atoms with Gasteiger partial charge in [-0.3, -0.25) is 4.98 Å². The van der Waals surface area contributed by atoms with Crippen LogP contribution in [0.1, 0.15) is 11.1 Å². The van der Waals surface area contributed by atoms with E-state index in [1.807, 2.05) is 0 Å². The van der Waals surface area contributed by atoms with E-state index in [1.54, 1.807) is 6.07 Å². The third-order valence-electron chi connectivity index (χ3n) is 2.43.